The maximum Gasteiger partial charge on any atom is 0.416 e. The van der Waals surface area contributed by atoms with Crippen molar-refractivity contribution in [2.75, 3.05) is 5.32 Å². The van der Waals surface area contributed by atoms with E-state index in [1.807, 2.05) is 0 Å². The Bertz CT molecular complexity index is 1330. The molecule has 10 heteroatoms. The van der Waals surface area contributed by atoms with Gasteiger partial charge in [-0.1, -0.05) is 24.3 Å². The summed E-state index contributed by atoms with van der Waals surface area (Å²) in [6.07, 6.45) is -0.689. The molecule has 2 heterocycles. The van der Waals surface area contributed by atoms with E-state index in [1.54, 1.807) is 35.2 Å². The van der Waals surface area contributed by atoms with E-state index in [4.69, 9.17) is 5.73 Å². The standard InChI is InChI=1S/C23H19F3N6O/c24-23(25,26)16-7-1-13(2-8-16)11-32-12-28-18-21(29-17-9-10-17)30-20(31-22(18)32)15-5-3-14(4-6-15)19(27)33/h1-8,12,17H,9-11H2,(H2,27,33)(H,29,30,31). The number of benzene rings is 2. The summed E-state index contributed by atoms with van der Waals surface area (Å²) >= 11 is 0. The van der Waals surface area contributed by atoms with Gasteiger partial charge in [-0.05, 0) is 42.7 Å². The number of nitrogens with one attached hydrogen (secondary N) is 1. The molecule has 1 fully saturated rings. The Hall–Kier alpha value is -3.95. The molecule has 33 heavy (non-hydrogen) atoms. The van der Waals surface area contributed by atoms with Gasteiger partial charge < -0.3 is 15.6 Å². The smallest absolute Gasteiger partial charge is 0.366 e. The zero-order valence-electron chi connectivity index (χ0n) is 17.3. The van der Waals surface area contributed by atoms with Gasteiger partial charge in [0.2, 0.25) is 5.91 Å². The van der Waals surface area contributed by atoms with Crippen LogP contribution in [0.5, 0.6) is 0 Å². The Morgan fingerprint density at radius 2 is 1.76 bits per heavy atom. The van der Waals surface area contributed by atoms with Crippen LogP contribution in [-0.2, 0) is 12.7 Å². The van der Waals surface area contributed by atoms with Gasteiger partial charge in [0.1, 0.15) is 5.52 Å². The summed E-state index contributed by atoms with van der Waals surface area (Å²) in [5.74, 6) is 0.516. The summed E-state index contributed by atoms with van der Waals surface area (Å²) in [7, 11) is 0. The Kier molecular flexibility index (Phi) is 4.99. The number of aromatic nitrogens is 4. The predicted molar refractivity (Wildman–Crippen MR) is 116 cm³/mol. The van der Waals surface area contributed by atoms with Crippen LogP contribution in [0.2, 0.25) is 0 Å². The number of anilines is 1. The first-order chi connectivity index (χ1) is 15.8. The SMILES string of the molecule is NC(=O)c1ccc(-c2nc(NC3CC3)c3ncn(Cc4ccc(C(F)(F)F)cc4)c3n2)cc1. The van der Waals surface area contributed by atoms with E-state index in [1.165, 1.54) is 12.1 Å². The van der Waals surface area contributed by atoms with Crippen molar-refractivity contribution in [3.63, 3.8) is 0 Å². The number of nitrogens with two attached hydrogens (primary N) is 1. The van der Waals surface area contributed by atoms with Crippen molar-refractivity contribution in [3.05, 3.63) is 71.5 Å². The molecule has 2 aromatic carbocycles. The number of carbonyl (C=O) groups is 1. The van der Waals surface area contributed by atoms with Crippen molar-refractivity contribution >= 4 is 22.9 Å². The second-order valence-electron chi connectivity index (χ2n) is 8.00. The maximum absolute atomic E-state index is 12.9. The Morgan fingerprint density at radius 1 is 1.06 bits per heavy atom. The van der Waals surface area contributed by atoms with E-state index in [0.29, 0.717) is 52.1 Å². The van der Waals surface area contributed by atoms with Gasteiger partial charge >= 0.3 is 6.18 Å². The predicted octanol–water partition coefficient (Wildman–Crippen LogP) is 4.23. The third-order valence-corrected chi connectivity index (χ3v) is 5.44. The number of amides is 1. The molecule has 1 aliphatic rings. The number of halogens is 3. The molecular weight excluding hydrogens is 433 g/mol. The van der Waals surface area contributed by atoms with Gasteiger partial charge in [0.25, 0.3) is 0 Å². The van der Waals surface area contributed by atoms with E-state index in [9.17, 15) is 18.0 Å². The van der Waals surface area contributed by atoms with E-state index >= 15 is 0 Å². The quantitative estimate of drug-likeness (QED) is 0.456. The molecule has 4 aromatic rings. The molecule has 0 spiro atoms. The van der Waals surface area contributed by atoms with Crippen LogP contribution in [0.1, 0.15) is 34.3 Å². The molecule has 1 aliphatic carbocycles. The molecule has 0 bridgehead atoms. The van der Waals surface area contributed by atoms with Crippen molar-refractivity contribution in [2.24, 2.45) is 5.73 Å². The summed E-state index contributed by atoms with van der Waals surface area (Å²) < 4.78 is 40.4. The van der Waals surface area contributed by atoms with Crippen LogP contribution in [0.15, 0.2) is 54.9 Å². The van der Waals surface area contributed by atoms with Crippen LogP contribution in [-0.4, -0.2) is 31.5 Å². The first-order valence-corrected chi connectivity index (χ1v) is 10.3. The van der Waals surface area contributed by atoms with Crippen molar-refractivity contribution in [1.29, 1.82) is 0 Å². The number of fused-ring (bicyclic) bond motifs is 1. The molecular formula is C23H19F3N6O. The minimum Gasteiger partial charge on any atom is -0.366 e. The molecule has 2 aromatic heterocycles. The normalized spacial score (nSPS) is 13.9. The zero-order valence-corrected chi connectivity index (χ0v) is 17.3. The van der Waals surface area contributed by atoms with Crippen LogP contribution < -0.4 is 11.1 Å². The van der Waals surface area contributed by atoms with Crippen LogP contribution in [0.25, 0.3) is 22.6 Å². The molecule has 168 valence electrons. The molecule has 0 unspecified atom stereocenters. The number of carbonyl (C=O) groups excluding carboxylic acids is 1. The summed E-state index contributed by atoms with van der Waals surface area (Å²) in [5.41, 5.74) is 7.54. The number of nitrogens with zero attached hydrogens (tertiary/aromatic N) is 4. The van der Waals surface area contributed by atoms with Crippen molar-refractivity contribution in [1.82, 2.24) is 19.5 Å². The third kappa shape index (κ3) is 4.36. The molecule has 7 nitrogen and oxygen atoms in total. The number of primary amides is 1. The van der Waals surface area contributed by atoms with Crippen LogP contribution in [0.4, 0.5) is 19.0 Å². The minimum atomic E-state index is -4.38. The summed E-state index contributed by atoms with van der Waals surface area (Å²) in [5, 5.41) is 3.37. The van der Waals surface area contributed by atoms with Crippen molar-refractivity contribution in [3.8, 4) is 11.4 Å². The Morgan fingerprint density at radius 3 is 2.36 bits per heavy atom. The summed E-state index contributed by atoms with van der Waals surface area (Å²) in [6.45, 7) is 0.300. The van der Waals surface area contributed by atoms with Crippen LogP contribution in [0, 0.1) is 0 Å². The summed E-state index contributed by atoms with van der Waals surface area (Å²) in [4.78, 5) is 25.2. The lowest BCUT2D eigenvalue weighted by Gasteiger charge is -2.10. The van der Waals surface area contributed by atoms with Crippen LogP contribution >= 0.6 is 0 Å². The number of rotatable bonds is 6. The fraction of sp³-hybridized carbons (Fsp3) is 0.217. The number of alkyl halides is 3. The van der Waals surface area contributed by atoms with E-state index in [0.717, 1.165) is 25.0 Å². The highest BCUT2D eigenvalue weighted by molar-refractivity contribution is 5.93. The van der Waals surface area contributed by atoms with Gasteiger partial charge in [0.05, 0.1) is 18.4 Å². The van der Waals surface area contributed by atoms with Crippen molar-refractivity contribution < 1.29 is 18.0 Å². The number of imidazole rings is 1. The molecule has 1 saturated carbocycles. The maximum atomic E-state index is 12.9. The highest BCUT2D eigenvalue weighted by Gasteiger charge is 2.30. The Balaban J connectivity index is 1.53. The van der Waals surface area contributed by atoms with Gasteiger partial charge in [-0.15, -0.1) is 0 Å². The highest BCUT2D eigenvalue weighted by Crippen LogP contribution is 2.31. The van der Waals surface area contributed by atoms with Gasteiger partial charge in [-0.25, -0.2) is 15.0 Å². The lowest BCUT2D eigenvalue weighted by Crippen LogP contribution is -2.10. The largest absolute Gasteiger partial charge is 0.416 e. The second kappa shape index (κ2) is 7.88. The van der Waals surface area contributed by atoms with E-state index < -0.39 is 17.6 Å². The Labute approximate surface area is 186 Å². The third-order valence-electron chi connectivity index (χ3n) is 5.44. The molecule has 1 amide bonds. The molecule has 0 radical (unpaired) electrons. The van der Waals surface area contributed by atoms with Gasteiger partial charge in [-0.2, -0.15) is 13.2 Å². The second-order valence-corrected chi connectivity index (χ2v) is 8.00. The van der Waals surface area contributed by atoms with E-state index in [-0.39, 0.29) is 0 Å². The van der Waals surface area contributed by atoms with Crippen molar-refractivity contribution in [2.45, 2.75) is 31.6 Å². The van der Waals surface area contributed by atoms with E-state index in [2.05, 4.69) is 20.3 Å². The minimum absolute atomic E-state index is 0.300. The van der Waals surface area contributed by atoms with Gasteiger partial charge in [0, 0.05) is 17.2 Å². The van der Waals surface area contributed by atoms with Gasteiger partial charge in [-0.3, -0.25) is 4.79 Å². The average molecular weight is 452 g/mol. The molecule has 0 aliphatic heterocycles. The first kappa shape index (κ1) is 20.9. The van der Waals surface area contributed by atoms with Crippen LogP contribution in [0.3, 0.4) is 0 Å². The number of hydrogen-bond acceptors (Lipinski definition) is 5. The topological polar surface area (TPSA) is 98.7 Å². The summed E-state index contributed by atoms with van der Waals surface area (Å²) in [6, 6.07) is 12.0. The highest BCUT2D eigenvalue weighted by atomic mass is 19.4. The molecule has 5 rings (SSSR count). The lowest BCUT2D eigenvalue weighted by molar-refractivity contribution is -0.137. The average Bonchev–Trinajstić information content (AvgIpc) is 3.52. The van der Waals surface area contributed by atoms with Gasteiger partial charge in [0.15, 0.2) is 17.3 Å². The first-order valence-electron chi connectivity index (χ1n) is 10.3. The monoisotopic (exact) mass is 452 g/mol. The fourth-order valence-corrected chi connectivity index (χ4v) is 3.49. The number of hydrogen-bond donors (Lipinski definition) is 2. The zero-order chi connectivity index (χ0) is 23.2. The molecule has 0 saturated heterocycles. The molecule has 3 N–H and O–H groups in total. The fourth-order valence-electron chi connectivity index (χ4n) is 3.49. The lowest BCUT2D eigenvalue weighted by atomic mass is 10.1. The molecule has 0 atom stereocenters.